The Balaban J connectivity index is 1.38. The monoisotopic (exact) mass is 276 g/mol. The van der Waals surface area contributed by atoms with Crippen LogP contribution in [0.25, 0.3) is 0 Å². The molecule has 114 valence electrons. The minimum atomic E-state index is 0.776. The van der Waals surface area contributed by atoms with Gasteiger partial charge in [0.05, 0.1) is 0 Å². The molecule has 0 radical (unpaired) electrons. The van der Waals surface area contributed by atoms with Crippen LogP contribution in [-0.2, 0) is 0 Å². The van der Waals surface area contributed by atoms with Gasteiger partial charge >= 0.3 is 0 Å². The second-order valence-corrected chi connectivity index (χ2v) is 8.52. The van der Waals surface area contributed by atoms with E-state index in [0.29, 0.717) is 0 Å². The van der Waals surface area contributed by atoms with E-state index in [2.05, 4.69) is 17.1 Å². The van der Waals surface area contributed by atoms with Gasteiger partial charge in [0.25, 0.3) is 0 Å². The number of hydrogen-bond donors (Lipinski definition) is 1. The van der Waals surface area contributed by atoms with E-state index < -0.39 is 0 Å². The first-order valence-corrected chi connectivity index (χ1v) is 9.21. The molecule has 4 saturated carbocycles. The largest absolute Gasteiger partial charge is 0.314 e. The summed E-state index contributed by atoms with van der Waals surface area (Å²) in [6.45, 7) is 7.51. The van der Waals surface area contributed by atoms with Gasteiger partial charge in [0, 0.05) is 19.1 Å². The molecule has 2 nitrogen and oxygen atoms in total. The first-order valence-electron chi connectivity index (χ1n) is 9.21. The van der Waals surface area contributed by atoms with E-state index in [1.807, 2.05) is 0 Å². The van der Waals surface area contributed by atoms with Crippen molar-refractivity contribution in [3.63, 3.8) is 0 Å². The zero-order chi connectivity index (χ0) is 13.6. The molecule has 0 aromatic carbocycles. The van der Waals surface area contributed by atoms with E-state index in [1.54, 1.807) is 38.5 Å². The Morgan fingerprint density at radius 3 is 2.00 bits per heavy atom. The summed E-state index contributed by atoms with van der Waals surface area (Å²) in [5, 5.41) is 3.45. The summed E-state index contributed by atoms with van der Waals surface area (Å²) in [5.41, 5.74) is 0.776. The summed E-state index contributed by atoms with van der Waals surface area (Å²) in [5.74, 6) is 3.35. The van der Waals surface area contributed by atoms with Crippen molar-refractivity contribution in [3.05, 3.63) is 0 Å². The lowest BCUT2D eigenvalue weighted by Crippen LogP contribution is -2.58. The molecule has 0 spiro atoms. The van der Waals surface area contributed by atoms with Crippen molar-refractivity contribution in [2.75, 3.05) is 26.2 Å². The van der Waals surface area contributed by atoms with Gasteiger partial charge in [-0.05, 0) is 87.6 Å². The highest BCUT2D eigenvalue weighted by atomic mass is 15.2. The highest BCUT2D eigenvalue weighted by Crippen LogP contribution is 2.61. The van der Waals surface area contributed by atoms with Crippen molar-refractivity contribution in [1.82, 2.24) is 10.2 Å². The van der Waals surface area contributed by atoms with Gasteiger partial charge in [0.15, 0.2) is 0 Å². The zero-order valence-corrected chi connectivity index (χ0v) is 13.2. The quantitative estimate of drug-likeness (QED) is 0.801. The molecule has 2 heteroatoms. The summed E-state index contributed by atoms with van der Waals surface area (Å²) in [6, 6.07) is 0.851. The van der Waals surface area contributed by atoms with Gasteiger partial charge in [-0.15, -0.1) is 0 Å². The summed E-state index contributed by atoms with van der Waals surface area (Å²) >= 11 is 0. The van der Waals surface area contributed by atoms with E-state index in [9.17, 15) is 0 Å². The predicted molar refractivity (Wildman–Crippen MR) is 83.7 cm³/mol. The lowest BCUT2D eigenvalue weighted by Gasteiger charge is -2.57. The molecule has 1 N–H and O–H groups in total. The average Bonchev–Trinajstić information content (AvgIpc) is 2.32. The number of nitrogens with zero attached hydrogens (tertiary/aromatic N) is 1. The van der Waals surface area contributed by atoms with Gasteiger partial charge in [-0.25, -0.2) is 0 Å². The number of hydrogen-bond acceptors (Lipinski definition) is 2. The number of nitrogens with one attached hydrogen (secondary N) is 1. The molecule has 0 aromatic heterocycles. The molecule has 5 fully saturated rings. The van der Waals surface area contributed by atoms with Crippen LogP contribution in [0.15, 0.2) is 0 Å². The van der Waals surface area contributed by atoms with Crippen LogP contribution < -0.4 is 5.32 Å². The van der Waals surface area contributed by atoms with Crippen LogP contribution in [0.4, 0.5) is 0 Å². The summed E-state index contributed by atoms with van der Waals surface area (Å²) in [6.07, 6.45) is 12.3. The fourth-order valence-electron chi connectivity index (χ4n) is 6.27. The van der Waals surface area contributed by atoms with Gasteiger partial charge in [-0.3, -0.25) is 4.90 Å². The van der Waals surface area contributed by atoms with Crippen LogP contribution in [0.2, 0.25) is 0 Å². The van der Waals surface area contributed by atoms with Crippen LogP contribution in [-0.4, -0.2) is 37.1 Å². The Bertz CT molecular complexity index is 312. The van der Waals surface area contributed by atoms with Crippen molar-refractivity contribution in [1.29, 1.82) is 0 Å². The van der Waals surface area contributed by atoms with E-state index in [1.165, 1.54) is 39.0 Å². The van der Waals surface area contributed by atoms with Gasteiger partial charge in [-0.1, -0.05) is 6.92 Å². The lowest BCUT2D eigenvalue weighted by molar-refractivity contribution is -0.0632. The minimum Gasteiger partial charge on any atom is -0.314 e. The molecule has 0 aromatic rings. The third-order valence-corrected chi connectivity index (χ3v) is 6.88. The van der Waals surface area contributed by atoms with Crippen LogP contribution in [0, 0.1) is 23.2 Å². The third kappa shape index (κ3) is 2.43. The van der Waals surface area contributed by atoms with E-state index in [-0.39, 0.29) is 0 Å². The molecule has 4 bridgehead atoms. The molecule has 20 heavy (non-hydrogen) atoms. The van der Waals surface area contributed by atoms with Crippen LogP contribution in [0.5, 0.6) is 0 Å². The molecule has 5 rings (SSSR count). The number of rotatable bonds is 6. The molecular formula is C18H32N2. The molecule has 0 amide bonds. The zero-order valence-electron chi connectivity index (χ0n) is 13.2. The topological polar surface area (TPSA) is 15.3 Å². The van der Waals surface area contributed by atoms with Gasteiger partial charge in [0.2, 0.25) is 0 Å². The average molecular weight is 276 g/mol. The maximum Gasteiger partial charge on any atom is 0.0345 e. The lowest BCUT2D eigenvalue weighted by atomic mass is 9.49. The van der Waals surface area contributed by atoms with Gasteiger partial charge in [-0.2, -0.15) is 0 Å². The molecule has 1 heterocycles. The normalized spacial score (nSPS) is 43.2. The molecule has 5 aliphatic rings. The Morgan fingerprint density at radius 1 is 0.950 bits per heavy atom. The van der Waals surface area contributed by atoms with Crippen molar-refractivity contribution in [3.8, 4) is 0 Å². The first kappa shape index (κ1) is 13.6. The van der Waals surface area contributed by atoms with Gasteiger partial charge < -0.3 is 5.32 Å². The fraction of sp³-hybridized carbons (Fsp3) is 1.00. The van der Waals surface area contributed by atoms with Crippen molar-refractivity contribution in [2.24, 2.45) is 23.2 Å². The van der Waals surface area contributed by atoms with Crippen LogP contribution >= 0.6 is 0 Å². The Morgan fingerprint density at radius 2 is 1.55 bits per heavy atom. The highest BCUT2D eigenvalue weighted by Gasteiger charge is 2.50. The Hall–Kier alpha value is -0.0800. The minimum absolute atomic E-state index is 0.776. The standard InChI is InChI=1S/C18H32N2/c1-2-4-20(17-12-19-13-17)5-3-18-9-14-6-15(10-18)8-16(7-14)11-18/h14-17,19H,2-13H2,1H3. The summed E-state index contributed by atoms with van der Waals surface area (Å²) in [4.78, 5) is 2.80. The second-order valence-electron chi connectivity index (χ2n) is 8.52. The molecule has 0 atom stereocenters. The first-order chi connectivity index (χ1) is 9.76. The van der Waals surface area contributed by atoms with Crippen molar-refractivity contribution >= 4 is 0 Å². The SMILES string of the molecule is CCCN(CCC12CC3CC(CC(C3)C1)C2)C1CNC1. The maximum absolute atomic E-state index is 3.45. The molecular weight excluding hydrogens is 244 g/mol. The maximum atomic E-state index is 3.45. The van der Waals surface area contributed by atoms with E-state index in [4.69, 9.17) is 0 Å². The molecule has 4 aliphatic carbocycles. The molecule has 1 aliphatic heterocycles. The third-order valence-electron chi connectivity index (χ3n) is 6.88. The summed E-state index contributed by atoms with van der Waals surface area (Å²) in [7, 11) is 0. The van der Waals surface area contributed by atoms with Gasteiger partial charge in [0.1, 0.15) is 0 Å². The highest BCUT2D eigenvalue weighted by molar-refractivity contribution is 5.01. The van der Waals surface area contributed by atoms with E-state index in [0.717, 1.165) is 29.2 Å². The van der Waals surface area contributed by atoms with Crippen LogP contribution in [0.3, 0.4) is 0 Å². The van der Waals surface area contributed by atoms with Crippen molar-refractivity contribution < 1.29 is 0 Å². The van der Waals surface area contributed by atoms with Crippen LogP contribution in [0.1, 0.15) is 58.3 Å². The Labute approximate surface area is 124 Å². The predicted octanol–water partition coefficient (Wildman–Crippen LogP) is 3.28. The second kappa shape index (κ2) is 5.28. The smallest absolute Gasteiger partial charge is 0.0345 e. The van der Waals surface area contributed by atoms with E-state index >= 15 is 0 Å². The Kier molecular flexibility index (Phi) is 3.58. The van der Waals surface area contributed by atoms with Crippen molar-refractivity contribution in [2.45, 2.75) is 64.3 Å². The summed E-state index contributed by atoms with van der Waals surface area (Å²) < 4.78 is 0. The fourth-order valence-corrected chi connectivity index (χ4v) is 6.27. The molecule has 0 unspecified atom stereocenters. The molecule has 1 saturated heterocycles.